The number of pyridine rings is 1. The lowest BCUT2D eigenvalue weighted by Gasteiger charge is -2.22. The van der Waals surface area contributed by atoms with Gasteiger partial charge in [-0.25, -0.2) is 4.68 Å². The highest BCUT2D eigenvalue weighted by Gasteiger charge is 2.19. The molecule has 0 saturated heterocycles. The van der Waals surface area contributed by atoms with Crippen LogP contribution in [-0.4, -0.2) is 51.1 Å². The summed E-state index contributed by atoms with van der Waals surface area (Å²) in [4.78, 5) is 18.3. The molecule has 1 aliphatic heterocycles. The second kappa shape index (κ2) is 11.1. The van der Waals surface area contributed by atoms with Gasteiger partial charge in [0.25, 0.3) is 5.56 Å². The fourth-order valence-corrected chi connectivity index (χ4v) is 4.82. The normalized spacial score (nSPS) is 12.3. The van der Waals surface area contributed by atoms with Crippen LogP contribution in [0, 0.1) is 0 Å². The number of tetrazole rings is 1. The zero-order valence-electron chi connectivity index (χ0n) is 22.2. The molecule has 11 nitrogen and oxygen atoms in total. The Balaban J connectivity index is 1.32. The number of benzene rings is 3. The molecule has 0 unspecified atom stereocenters. The van der Waals surface area contributed by atoms with Crippen LogP contribution in [0.25, 0.3) is 10.9 Å². The average Bonchev–Trinajstić information content (AvgIpc) is 3.62. The Morgan fingerprint density at radius 2 is 1.70 bits per heavy atom. The highest BCUT2D eigenvalue weighted by Crippen LogP contribution is 2.33. The van der Waals surface area contributed by atoms with E-state index in [1.807, 2.05) is 60.7 Å². The van der Waals surface area contributed by atoms with E-state index in [9.17, 15) is 4.79 Å². The summed E-state index contributed by atoms with van der Waals surface area (Å²) in [6, 6.07) is 21.4. The second-order valence-electron chi connectivity index (χ2n) is 9.49. The number of hydrogen-bond acceptors (Lipinski definition) is 9. The van der Waals surface area contributed by atoms with Gasteiger partial charge in [0.15, 0.2) is 28.8 Å². The van der Waals surface area contributed by atoms with Crippen molar-refractivity contribution in [3.63, 3.8) is 0 Å². The van der Waals surface area contributed by atoms with E-state index in [0.717, 1.165) is 22.3 Å². The van der Waals surface area contributed by atoms with Crippen molar-refractivity contribution in [2.75, 3.05) is 21.0 Å². The fraction of sp³-hybridized carbons (Fsp3) is 0.241. The molecule has 0 amide bonds. The number of rotatable bonds is 10. The molecule has 11 heteroatoms. The van der Waals surface area contributed by atoms with E-state index < -0.39 is 0 Å². The zero-order valence-corrected chi connectivity index (χ0v) is 22.2. The first-order chi connectivity index (χ1) is 19.6. The highest BCUT2D eigenvalue weighted by molar-refractivity contribution is 5.83. The number of aromatic nitrogens is 5. The summed E-state index contributed by atoms with van der Waals surface area (Å²) >= 11 is 0. The Hall–Kier alpha value is -4.90. The maximum atomic E-state index is 13.2. The van der Waals surface area contributed by atoms with Crippen LogP contribution in [0.4, 0.5) is 0 Å². The van der Waals surface area contributed by atoms with Gasteiger partial charge in [-0.1, -0.05) is 36.4 Å². The molecule has 3 heterocycles. The maximum absolute atomic E-state index is 13.2. The predicted molar refractivity (Wildman–Crippen MR) is 147 cm³/mol. The summed E-state index contributed by atoms with van der Waals surface area (Å²) in [5, 5.41) is 13.3. The Kier molecular flexibility index (Phi) is 7.02. The highest BCUT2D eigenvalue weighted by atomic mass is 16.7. The van der Waals surface area contributed by atoms with Crippen molar-refractivity contribution in [2.45, 2.75) is 26.2 Å². The Bertz CT molecular complexity index is 1700. The lowest BCUT2D eigenvalue weighted by Crippen LogP contribution is -2.28. The summed E-state index contributed by atoms with van der Waals surface area (Å²) in [5.41, 5.74) is 3.19. The summed E-state index contributed by atoms with van der Waals surface area (Å²) < 4.78 is 23.7. The van der Waals surface area contributed by atoms with Gasteiger partial charge in [-0.15, -0.1) is 5.10 Å². The van der Waals surface area contributed by atoms with Gasteiger partial charge >= 0.3 is 0 Å². The first-order valence-corrected chi connectivity index (χ1v) is 12.8. The largest absolute Gasteiger partial charge is 0.493 e. The van der Waals surface area contributed by atoms with Crippen LogP contribution in [0.3, 0.4) is 0 Å². The van der Waals surface area contributed by atoms with Crippen molar-refractivity contribution in [1.82, 2.24) is 30.1 Å². The van der Waals surface area contributed by atoms with Gasteiger partial charge in [-0.2, -0.15) is 0 Å². The summed E-state index contributed by atoms with van der Waals surface area (Å²) in [7, 11) is 3.15. The van der Waals surface area contributed by atoms with Crippen LogP contribution < -0.4 is 24.5 Å². The minimum Gasteiger partial charge on any atom is -0.493 e. The minimum atomic E-state index is -0.181. The summed E-state index contributed by atoms with van der Waals surface area (Å²) in [6.07, 6.45) is 0. The van der Waals surface area contributed by atoms with Gasteiger partial charge < -0.3 is 23.9 Å². The topological polar surface area (TPSA) is 117 Å². The van der Waals surface area contributed by atoms with Gasteiger partial charge in [0, 0.05) is 30.1 Å². The molecule has 0 fully saturated rings. The van der Waals surface area contributed by atoms with Crippen molar-refractivity contribution < 1.29 is 18.9 Å². The van der Waals surface area contributed by atoms with E-state index in [-0.39, 0.29) is 12.4 Å². The average molecular weight is 541 g/mol. The van der Waals surface area contributed by atoms with E-state index in [1.54, 1.807) is 25.0 Å². The third-order valence-electron chi connectivity index (χ3n) is 6.81. The smallest absolute Gasteiger partial charge is 0.252 e. The van der Waals surface area contributed by atoms with Gasteiger partial charge in [-0.05, 0) is 45.8 Å². The number of hydrogen-bond donors (Lipinski definition) is 1. The SMILES string of the molecule is COc1cc2cc(CN(Cc3ccc4c(c3)OCO4)Cc3nnnn3Cc3ccccc3)c(=O)[nH]c2cc1OC. The lowest BCUT2D eigenvalue weighted by atomic mass is 10.1. The standard InChI is InChI=1S/C29H28N6O5/c1-37-25-12-21-11-22(29(36)30-23(21)13-26(25)38-2)16-34(14-20-8-9-24-27(10-20)40-18-39-24)17-28-31-32-33-35(28)15-19-6-4-3-5-7-19/h3-13H,14-18H2,1-2H3,(H,30,36). The molecule has 1 N–H and O–H groups in total. The van der Waals surface area contributed by atoms with E-state index in [4.69, 9.17) is 18.9 Å². The Labute approximate surface area is 229 Å². The molecule has 40 heavy (non-hydrogen) atoms. The number of nitrogens with one attached hydrogen (secondary N) is 1. The van der Waals surface area contributed by atoms with Crippen molar-refractivity contribution in [3.8, 4) is 23.0 Å². The molecule has 0 spiro atoms. The number of H-pyrrole nitrogens is 1. The molecule has 0 saturated carbocycles. The number of nitrogens with zero attached hydrogens (tertiary/aromatic N) is 5. The van der Waals surface area contributed by atoms with Crippen LogP contribution in [-0.2, 0) is 26.2 Å². The first-order valence-electron chi connectivity index (χ1n) is 12.8. The third-order valence-corrected chi connectivity index (χ3v) is 6.81. The quantitative estimate of drug-likeness (QED) is 0.284. The lowest BCUT2D eigenvalue weighted by molar-refractivity contribution is 0.174. The molecule has 5 aromatic rings. The van der Waals surface area contributed by atoms with E-state index in [0.29, 0.717) is 60.3 Å². The third kappa shape index (κ3) is 5.32. The summed E-state index contributed by atoms with van der Waals surface area (Å²) in [6.45, 7) is 2.04. The molecule has 1 aliphatic rings. The summed E-state index contributed by atoms with van der Waals surface area (Å²) in [5.74, 6) is 3.25. The fourth-order valence-electron chi connectivity index (χ4n) is 4.82. The Morgan fingerprint density at radius 1 is 0.900 bits per heavy atom. The molecule has 0 radical (unpaired) electrons. The van der Waals surface area contributed by atoms with Crippen molar-refractivity contribution in [1.29, 1.82) is 0 Å². The molecule has 6 rings (SSSR count). The van der Waals surface area contributed by atoms with Crippen LogP contribution >= 0.6 is 0 Å². The van der Waals surface area contributed by atoms with Crippen molar-refractivity contribution in [2.24, 2.45) is 0 Å². The minimum absolute atomic E-state index is 0.181. The van der Waals surface area contributed by atoms with Gasteiger partial charge in [0.05, 0.1) is 32.8 Å². The monoisotopic (exact) mass is 540 g/mol. The number of ether oxygens (including phenoxy) is 4. The van der Waals surface area contributed by atoms with Crippen LogP contribution in [0.5, 0.6) is 23.0 Å². The van der Waals surface area contributed by atoms with Crippen molar-refractivity contribution >= 4 is 10.9 Å². The first kappa shape index (κ1) is 25.4. The van der Waals surface area contributed by atoms with E-state index in [1.165, 1.54) is 0 Å². The number of methoxy groups -OCH3 is 2. The van der Waals surface area contributed by atoms with E-state index >= 15 is 0 Å². The van der Waals surface area contributed by atoms with Gasteiger partial charge in [0.1, 0.15) is 0 Å². The second-order valence-corrected chi connectivity index (χ2v) is 9.49. The van der Waals surface area contributed by atoms with Crippen LogP contribution in [0.15, 0.2) is 71.5 Å². The predicted octanol–water partition coefficient (Wildman–Crippen LogP) is 3.51. The number of fused-ring (bicyclic) bond motifs is 2. The van der Waals surface area contributed by atoms with Gasteiger partial charge in [0.2, 0.25) is 6.79 Å². The maximum Gasteiger partial charge on any atom is 0.252 e. The van der Waals surface area contributed by atoms with Gasteiger partial charge in [-0.3, -0.25) is 9.69 Å². The van der Waals surface area contributed by atoms with E-state index in [2.05, 4.69) is 25.4 Å². The van der Waals surface area contributed by atoms with Crippen LogP contribution in [0.1, 0.15) is 22.5 Å². The Morgan fingerprint density at radius 3 is 2.52 bits per heavy atom. The molecule has 0 aliphatic carbocycles. The molecule has 0 bridgehead atoms. The molecule has 2 aromatic heterocycles. The van der Waals surface area contributed by atoms with Crippen molar-refractivity contribution in [3.05, 3.63) is 99.6 Å². The molecular formula is C29H28N6O5. The zero-order chi connectivity index (χ0) is 27.5. The molecule has 3 aromatic carbocycles. The number of aromatic amines is 1. The molecular weight excluding hydrogens is 512 g/mol. The molecule has 204 valence electrons. The molecule has 0 atom stereocenters. The van der Waals surface area contributed by atoms with Crippen LogP contribution in [0.2, 0.25) is 0 Å².